The molecule has 2 saturated heterocycles. The Morgan fingerprint density at radius 1 is 1.11 bits per heavy atom. The topological polar surface area (TPSA) is 89.3 Å². The predicted molar refractivity (Wildman–Crippen MR) is 154 cm³/mol. The zero-order valence-corrected chi connectivity index (χ0v) is 25.9. The second-order valence-corrected chi connectivity index (χ2v) is 12.3. The van der Waals surface area contributed by atoms with Gasteiger partial charge in [0.15, 0.2) is 5.11 Å². The molecule has 0 N–H and O–H groups in total. The van der Waals surface area contributed by atoms with Gasteiger partial charge in [0.05, 0.1) is 49.2 Å². The lowest BCUT2D eigenvalue weighted by Gasteiger charge is -2.42. The first-order chi connectivity index (χ1) is 21.0. The number of benzene rings is 1. The van der Waals surface area contributed by atoms with Gasteiger partial charge < -0.3 is 14.4 Å². The van der Waals surface area contributed by atoms with Crippen LogP contribution in [-0.4, -0.2) is 108 Å². The second-order valence-electron chi connectivity index (χ2n) is 11.9. The highest BCUT2D eigenvalue weighted by atomic mass is 32.1. The van der Waals surface area contributed by atoms with Crippen LogP contribution in [0.25, 0.3) is 0 Å². The van der Waals surface area contributed by atoms with Crippen LogP contribution < -0.4 is 4.90 Å². The standard InChI is InChI=1S/C29H35F6N5O4S/c1-27(2)25(42)39(20-5-4-18(15-36)22(14-20)28(30,31)32)26(45)40(27)19-6-8-21(9-7-19)44-13-12-37-10-11-38(17-24(41)43-3)23(16-37)29(33,34)35/h4-5,14,19,21,23H,6-13,16-17H2,1-3H3/t19?,21?,23-/m1/s1. The average Bonchev–Trinajstić information content (AvgIpc) is 3.15. The van der Waals surface area contributed by atoms with Crippen molar-refractivity contribution in [3.8, 4) is 6.07 Å². The first-order valence-corrected chi connectivity index (χ1v) is 14.9. The maximum absolute atomic E-state index is 13.7. The summed E-state index contributed by atoms with van der Waals surface area (Å²) in [7, 11) is 1.13. The van der Waals surface area contributed by atoms with Crippen molar-refractivity contribution in [1.82, 2.24) is 14.7 Å². The lowest BCUT2D eigenvalue weighted by Crippen LogP contribution is -2.60. The van der Waals surface area contributed by atoms with Gasteiger partial charge in [0.2, 0.25) is 0 Å². The summed E-state index contributed by atoms with van der Waals surface area (Å²) >= 11 is 5.63. The van der Waals surface area contributed by atoms with Crippen molar-refractivity contribution in [2.45, 2.75) is 75.6 Å². The van der Waals surface area contributed by atoms with E-state index in [9.17, 15) is 35.9 Å². The van der Waals surface area contributed by atoms with Crippen molar-refractivity contribution in [3.05, 3.63) is 29.3 Å². The number of esters is 1. The van der Waals surface area contributed by atoms with Crippen LogP contribution in [0.4, 0.5) is 32.0 Å². The summed E-state index contributed by atoms with van der Waals surface area (Å²) in [5, 5.41) is 9.21. The molecule has 9 nitrogen and oxygen atoms in total. The summed E-state index contributed by atoms with van der Waals surface area (Å²) in [5.74, 6) is -1.20. The Labute approximate surface area is 262 Å². The molecule has 1 aromatic carbocycles. The highest BCUT2D eigenvalue weighted by Crippen LogP contribution is 2.40. The van der Waals surface area contributed by atoms with Gasteiger partial charge in [-0.15, -0.1) is 0 Å². The van der Waals surface area contributed by atoms with E-state index in [1.165, 1.54) is 12.1 Å². The van der Waals surface area contributed by atoms with Crippen LogP contribution >= 0.6 is 12.2 Å². The van der Waals surface area contributed by atoms with E-state index < -0.39 is 53.5 Å². The first-order valence-electron chi connectivity index (χ1n) is 14.5. The Balaban J connectivity index is 1.33. The summed E-state index contributed by atoms with van der Waals surface area (Å²) in [4.78, 5) is 30.6. The molecule has 1 aromatic rings. The number of alkyl halides is 6. The molecule has 45 heavy (non-hydrogen) atoms. The van der Waals surface area contributed by atoms with Crippen LogP contribution in [-0.2, 0) is 25.2 Å². The number of rotatable bonds is 8. The summed E-state index contributed by atoms with van der Waals surface area (Å²) in [5.41, 5.74) is -2.90. The maximum Gasteiger partial charge on any atom is 0.417 e. The minimum Gasteiger partial charge on any atom is -0.468 e. The molecule has 1 aliphatic carbocycles. The van der Waals surface area contributed by atoms with Gasteiger partial charge in [-0.3, -0.25) is 24.3 Å². The number of halogens is 6. The van der Waals surface area contributed by atoms with Crippen LogP contribution in [0.1, 0.15) is 50.7 Å². The monoisotopic (exact) mass is 663 g/mol. The molecule has 1 atom stereocenters. The number of ether oxygens (including phenoxy) is 2. The second kappa shape index (κ2) is 13.4. The number of anilines is 1. The molecular weight excluding hydrogens is 628 g/mol. The highest BCUT2D eigenvalue weighted by molar-refractivity contribution is 7.80. The van der Waals surface area contributed by atoms with Crippen molar-refractivity contribution < 1.29 is 45.4 Å². The highest BCUT2D eigenvalue weighted by Gasteiger charge is 2.53. The molecule has 3 aliphatic rings. The number of carbonyl (C=O) groups excluding carboxylic acids is 2. The number of carbonyl (C=O) groups is 2. The fourth-order valence-electron chi connectivity index (χ4n) is 6.28. The van der Waals surface area contributed by atoms with Crippen molar-refractivity contribution in [3.63, 3.8) is 0 Å². The molecule has 3 fully saturated rings. The van der Waals surface area contributed by atoms with Crippen molar-refractivity contribution in [1.29, 1.82) is 5.26 Å². The molecule has 4 rings (SSSR count). The summed E-state index contributed by atoms with van der Waals surface area (Å²) < 4.78 is 92.4. The zero-order valence-electron chi connectivity index (χ0n) is 25.1. The lowest BCUT2D eigenvalue weighted by atomic mass is 9.89. The van der Waals surface area contributed by atoms with E-state index in [0.717, 1.165) is 29.0 Å². The van der Waals surface area contributed by atoms with Gasteiger partial charge in [-0.2, -0.15) is 31.6 Å². The molecule has 2 aliphatic heterocycles. The summed E-state index contributed by atoms with van der Waals surface area (Å²) in [6.07, 6.45) is -7.09. The van der Waals surface area contributed by atoms with Gasteiger partial charge in [-0.05, 0) is 69.9 Å². The average molecular weight is 664 g/mol. The maximum atomic E-state index is 13.7. The normalized spacial score (nSPS) is 25.0. The van der Waals surface area contributed by atoms with Gasteiger partial charge in [0.1, 0.15) is 11.6 Å². The number of nitriles is 1. The zero-order chi connectivity index (χ0) is 33.3. The van der Waals surface area contributed by atoms with Crippen LogP contribution in [0.3, 0.4) is 0 Å². The van der Waals surface area contributed by atoms with Gasteiger partial charge in [0.25, 0.3) is 5.91 Å². The number of piperazine rings is 1. The molecule has 1 saturated carbocycles. The van der Waals surface area contributed by atoms with Crippen molar-refractivity contribution in [2.24, 2.45) is 0 Å². The number of methoxy groups -OCH3 is 1. The molecule has 0 unspecified atom stereocenters. The van der Waals surface area contributed by atoms with E-state index in [2.05, 4.69) is 4.74 Å². The largest absolute Gasteiger partial charge is 0.468 e. The molecule has 0 radical (unpaired) electrons. The first kappa shape index (κ1) is 34.9. The Hall–Kier alpha value is -3.00. The smallest absolute Gasteiger partial charge is 0.417 e. The Bertz CT molecular complexity index is 1330. The van der Waals surface area contributed by atoms with Gasteiger partial charge in [-0.25, -0.2) is 0 Å². The molecule has 1 amide bonds. The number of amides is 1. The summed E-state index contributed by atoms with van der Waals surface area (Å²) in [6, 6.07) is 2.62. The van der Waals surface area contributed by atoms with E-state index in [0.29, 0.717) is 32.2 Å². The third-order valence-electron chi connectivity index (χ3n) is 8.70. The minimum atomic E-state index is -4.79. The van der Waals surface area contributed by atoms with Gasteiger partial charge in [0, 0.05) is 32.2 Å². The molecule has 0 bridgehead atoms. The summed E-state index contributed by atoms with van der Waals surface area (Å²) in [6.45, 7) is 3.52. The number of hydrogen-bond acceptors (Lipinski definition) is 8. The Morgan fingerprint density at radius 2 is 1.78 bits per heavy atom. The van der Waals surface area contributed by atoms with E-state index in [1.54, 1.807) is 23.6 Å². The fourth-order valence-corrected chi connectivity index (χ4v) is 6.85. The lowest BCUT2D eigenvalue weighted by molar-refractivity contribution is -0.199. The van der Waals surface area contributed by atoms with Crippen LogP contribution in [0, 0.1) is 11.3 Å². The quantitative estimate of drug-likeness (QED) is 0.229. The fraction of sp³-hybridized carbons (Fsp3) is 0.655. The molecular formula is C29H35F6N5O4S. The Morgan fingerprint density at radius 3 is 2.36 bits per heavy atom. The SMILES string of the molecule is COC(=O)CN1CCN(CCOC2CCC(N3C(=S)N(c4ccc(C#N)c(C(F)(F)F)c4)C(=O)C3(C)C)CC2)C[C@@H]1C(F)(F)F. The van der Waals surface area contributed by atoms with E-state index in [1.807, 2.05) is 0 Å². The van der Waals surface area contributed by atoms with E-state index >= 15 is 0 Å². The molecule has 0 aromatic heterocycles. The Kier molecular flexibility index (Phi) is 10.4. The molecule has 0 spiro atoms. The molecule has 2 heterocycles. The number of nitrogens with zero attached hydrogens (tertiary/aromatic N) is 5. The minimum absolute atomic E-state index is 0.0612. The number of thiocarbonyl (C=S) groups is 1. The third-order valence-corrected chi connectivity index (χ3v) is 9.08. The van der Waals surface area contributed by atoms with Gasteiger partial charge in [-0.1, -0.05) is 0 Å². The van der Waals surface area contributed by atoms with E-state index in [-0.39, 0.29) is 49.2 Å². The van der Waals surface area contributed by atoms with Crippen LogP contribution in [0.15, 0.2) is 18.2 Å². The van der Waals surface area contributed by atoms with Crippen LogP contribution in [0.2, 0.25) is 0 Å². The van der Waals surface area contributed by atoms with Crippen molar-refractivity contribution in [2.75, 3.05) is 51.3 Å². The van der Waals surface area contributed by atoms with Crippen LogP contribution in [0.5, 0.6) is 0 Å². The number of hydrogen-bond donors (Lipinski definition) is 0. The van der Waals surface area contributed by atoms with Crippen molar-refractivity contribution >= 4 is 34.9 Å². The predicted octanol–water partition coefficient (Wildman–Crippen LogP) is 4.34. The van der Waals surface area contributed by atoms with E-state index in [4.69, 9.17) is 22.2 Å². The molecule has 248 valence electrons. The van der Waals surface area contributed by atoms with Gasteiger partial charge >= 0.3 is 18.3 Å². The molecule has 16 heteroatoms. The third kappa shape index (κ3) is 7.53.